The summed E-state index contributed by atoms with van der Waals surface area (Å²) >= 11 is 0. The molecule has 4 nitrogen and oxygen atoms in total. The Kier molecular flexibility index (Phi) is 6.58. The first-order valence-electron chi connectivity index (χ1n) is 9.16. The Labute approximate surface area is 160 Å². The van der Waals surface area contributed by atoms with Crippen molar-refractivity contribution in [1.29, 1.82) is 0 Å². The number of carbonyl (C=O) groups excluding carboxylic acids is 1. The van der Waals surface area contributed by atoms with E-state index in [1.54, 1.807) is 12.4 Å². The van der Waals surface area contributed by atoms with Crippen LogP contribution in [0.1, 0.15) is 35.6 Å². The van der Waals surface area contributed by atoms with E-state index < -0.39 is 0 Å². The largest absolute Gasteiger partial charge is 0.494 e. The molecule has 138 valence electrons. The molecule has 1 aromatic heterocycles. The van der Waals surface area contributed by atoms with Gasteiger partial charge in [0, 0.05) is 18.8 Å². The zero-order chi connectivity index (χ0) is 18.9. The molecule has 2 aromatic carbocycles. The Balaban J connectivity index is 1.55. The normalized spacial score (nSPS) is 11.6. The van der Waals surface area contributed by atoms with E-state index in [9.17, 15) is 4.79 Å². The predicted molar refractivity (Wildman–Crippen MR) is 107 cm³/mol. The summed E-state index contributed by atoms with van der Waals surface area (Å²) in [6.07, 6.45) is 4.57. The third-order valence-corrected chi connectivity index (χ3v) is 4.28. The van der Waals surface area contributed by atoms with Crippen LogP contribution in [0.3, 0.4) is 0 Å². The van der Waals surface area contributed by atoms with Gasteiger partial charge in [-0.1, -0.05) is 42.5 Å². The Morgan fingerprint density at radius 1 is 1.00 bits per heavy atom. The van der Waals surface area contributed by atoms with Crippen molar-refractivity contribution in [2.45, 2.75) is 25.8 Å². The quantitative estimate of drug-likeness (QED) is 0.604. The van der Waals surface area contributed by atoms with E-state index in [0.717, 1.165) is 22.4 Å². The average Bonchev–Trinajstić information content (AvgIpc) is 2.71. The first-order chi connectivity index (χ1) is 13.2. The smallest absolute Gasteiger partial charge is 0.220 e. The van der Waals surface area contributed by atoms with Gasteiger partial charge in [0.1, 0.15) is 5.75 Å². The van der Waals surface area contributed by atoms with Gasteiger partial charge in [-0.25, -0.2) is 0 Å². The van der Waals surface area contributed by atoms with E-state index in [2.05, 4.69) is 10.3 Å². The van der Waals surface area contributed by atoms with Gasteiger partial charge in [0.05, 0.1) is 12.6 Å². The second-order valence-electron chi connectivity index (χ2n) is 6.46. The molecule has 0 bridgehead atoms. The number of nitrogens with zero attached hydrogens (tertiary/aromatic N) is 1. The summed E-state index contributed by atoms with van der Waals surface area (Å²) in [5.74, 6) is 0.850. The van der Waals surface area contributed by atoms with Crippen molar-refractivity contribution >= 4 is 5.91 Å². The van der Waals surface area contributed by atoms with Crippen LogP contribution in [-0.2, 0) is 4.79 Å². The van der Waals surface area contributed by atoms with Gasteiger partial charge in [0.25, 0.3) is 0 Å². The van der Waals surface area contributed by atoms with Crippen LogP contribution < -0.4 is 10.1 Å². The summed E-state index contributed by atoms with van der Waals surface area (Å²) in [6.45, 7) is 2.55. The van der Waals surface area contributed by atoms with Gasteiger partial charge in [0.15, 0.2) is 0 Å². The third-order valence-electron chi connectivity index (χ3n) is 4.28. The fourth-order valence-corrected chi connectivity index (χ4v) is 2.92. The van der Waals surface area contributed by atoms with E-state index in [1.165, 1.54) is 0 Å². The fraction of sp³-hybridized carbons (Fsp3) is 0.217. The fourth-order valence-electron chi connectivity index (χ4n) is 2.92. The van der Waals surface area contributed by atoms with Crippen LogP contribution in [0.4, 0.5) is 0 Å². The molecule has 0 saturated heterocycles. The van der Waals surface area contributed by atoms with E-state index >= 15 is 0 Å². The molecule has 1 atom stereocenters. The number of amides is 1. The molecule has 0 fully saturated rings. The van der Waals surface area contributed by atoms with Crippen LogP contribution in [0.15, 0.2) is 79.1 Å². The highest BCUT2D eigenvalue weighted by molar-refractivity contribution is 5.77. The summed E-state index contributed by atoms with van der Waals surface area (Å²) in [6, 6.07) is 21.6. The van der Waals surface area contributed by atoms with Crippen molar-refractivity contribution in [1.82, 2.24) is 10.3 Å². The van der Waals surface area contributed by atoms with Gasteiger partial charge >= 0.3 is 0 Å². The highest BCUT2D eigenvalue weighted by atomic mass is 16.5. The van der Waals surface area contributed by atoms with E-state index in [4.69, 9.17) is 4.74 Å². The van der Waals surface area contributed by atoms with Gasteiger partial charge in [0.2, 0.25) is 5.91 Å². The predicted octanol–water partition coefficient (Wildman–Crippen LogP) is 4.45. The molecule has 0 unspecified atom stereocenters. The Morgan fingerprint density at radius 2 is 1.74 bits per heavy atom. The minimum absolute atomic E-state index is 0.00788. The molecule has 0 spiro atoms. The highest BCUT2D eigenvalue weighted by Crippen LogP contribution is 2.21. The zero-order valence-corrected chi connectivity index (χ0v) is 15.5. The Morgan fingerprint density at radius 3 is 2.48 bits per heavy atom. The lowest BCUT2D eigenvalue weighted by atomic mass is 9.99. The summed E-state index contributed by atoms with van der Waals surface area (Å²) in [5, 5.41) is 3.14. The van der Waals surface area contributed by atoms with Crippen LogP contribution in [0, 0.1) is 6.92 Å². The highest BCUT2D eigenvalue weighted by Gasteiger charge is 2.16. The molecule has 0 radical (unpaired) electrons. The standard InChI is InChI=1S/C23H24N2O2/c1-18-7-5-10-21(17-18)27-16-6-11-22(26)25-23(19-8-3-2-4-9-19)20-12-14-24-15-13-20/h2-5,7-10,12-15,17,23H,6,11,16H2,1H3,(H,25,26)/t23-/m0/s1. The molecular weight excluding hydrogens is 336 g/mol. The number of aryl methyl sites for hydroxylation is 1. The third kappa shape index (κ3) is 5.68. The number of pyridine rings is 1. The number of ether oxygens (including phenoxy) is 1. The molecule has 27 heavy (non-hydrogen) atoms. The number of rotatable bonds is 8. The van der Waals surface area contributed by atoms with Crippen molar-refractivity contribution in [3.8, 4) is 5.75 Å². The molecule has 1 amide bonds. The van der Waals surface area contributed by atoms with Crippen molar-refractivity contribution in [2.75, 3.05) is 6.61 Å². The molecule has 1 N–H and O–H groups in total. The van der Waals surface area contributed by atoms with Crippen LogP contribution >= 0.6 is 0 Å². The first-order valence-corrected chi connectivity index (χ1v) is 9.16. The second kappa shape index (κ2) is 9.53. The molecule has 3 rings (SSSR count). The summed E-state index contributed by atoms with van der Waals surface area (Å²) in [7, 11) is 0. The van der Waals surface area contributed by atoms with E-state index in [0.29, 0.717) is 19.4 Å². The van der Waals surface area contributed by atoms with Crippen molar-refractivity contribution in [2.24, 2.45) is 0 Å². The monoisotopic (exact) mass is 360 g/mol. The molecule has 1 heterocycles. The topological polar surface area (TPSA) is 51.2 Å². The van der Waals surface area contributed by atoms with Crippen molar-refractivity contribution in [3.05, 3.63) is 95.8 Å². The van der Waals surface area contributed by atoms with Crippen LogP contribution in [-0.4, -0.2) is 17.5 Å². The molecule has 0 aliphatic heterocycles. The second-order valence-corrected chi connectivity index (χ2v) is 6.46. The minimum Gasteiger partial charge on any atom is -0.494 e. The van der Waals surface area contributed by atoms with Gasteiger partial charge < -0.3 is 10.1 Å². The maximum Gasteiger partial charge on any atom is 0.220 e. The average molecular weight is 360 g/mol. The summed E-state index contributed by atoms with van der Waals surface area (Å²) < 4.78 is 5.72. The Hall–Kier alpha value is -3.14. The summed E-state index contributed by atoms with van der Waals surface area (Å²) in [4.78, 5) is 16.6. The van der Waals surface area contributed by atoms with Gasteiger partial charge in [-0.15, -0.1) is 0 Å². The molecule has 0 aliphatic carbocycles. The molecular formula is C23H24N2O2. The van der Waals surface area contributed by atoms with Crippen LogP contribution in [0.5, 0.6) is 5.75 Å². The van der Waals surface area contributed by atoms with Crippen LogP contribution in [0.25, 0.3) is 0 Å². The molecule has 0 aliphatic rings. The van der Waals surface area contributed by atoms with Crippen molar-refractivity contribution < 1.29 is 9.53 Å². The number of hydrogen-bond acceptors (Lipinski definition) is 3. The molecule has 0 saturated carbocycles. The lowest BCUT2D eigenvalue weighted by Crippen LogP contribution is -2.29. The maximum absolute atomic E-state index is 12.5. The van der Waals surface area contributed by atoms with Crippen LogP contribution in [0.2, 0.25) is 0 Å². The van der Waals surface area contributed by atoms with E-state index in [1.807, 2.05) is 73.7 Å². The van der Waals surface area contributed by atoms with Gasteiger partial charge in [-0.2, -0.15) is 0 Å². The molecule has 3 aromatic rings. The number of hydrogen-bond donors (Lipinski definition) is 1. The zero-order valence-electron chi connectivity index (χ0n) is 15.5. The Bertz CT molecular complexity index is 811. The van der Waals surface area contributed by atoms with Gasteiger partial charge in [-0.3, -0.25) is 9.78 Å². The number of aromatic nitrogens is 1. The number of nitrogens with one attached hydrogen (secondary N) is 1. The lowest BCUT2D eigenvalue weighted by molar-refractivity contribution is -0.121. The summed E-state index contributed by atoms with van der Waals surface area (Å²) in [5.41, 5.74) is 3.22. The molecule has 4 heteroatoms. The SMILES string of the molecule is Cc1cccc(OCCCC(=O)N[C@@H](c2ccccc2)c2ccncc2)c1. The van der Waals surface area contributed by atoms with Crippen molar-refractivity contribution in [3.63, 3.8) is 0 Å². The van der Waals surface area contributed by atoms with Gasteiger partial charge in [-0.05, 0) is 54.3 Å². The maximum atomic E-state index is 12.5. The lowest BCUT2D eigenvalue weighted by Gasteiger charge is -2.19. The first kappa shape index (κ1) is 18.6. The minimum atomic E-state index is -0.181. The number of benzene rings is 2. The number of carbonyl (C=O) groups is 1. The van der Waals surface area contributed by atoms with E-state index in [-0.39, 0.29) is 11.9 Å².